The number of nitrogens with two attached hydrogens (primary N) is 1. The van der Waals surface area contributed by atoms with E-state index in [1.54, 1.807) is 125 Å². The number of aliphatic carboxylic acids is 1. The number of amides is 1. The van der Waals surface area contributed by atoms with Crippen molar-refractivity contribution >= 4 is 55.4 Å². The van der Waals surface area contributed by atoms with Crippen molar-refractivity contribution in [1.29, 1.82) is 0 Å². The second kappa shape index (κ2) is 28.7. The number of nitrogens with one attached hydrogen (secondary N) is 1. The summed E-state index contributed by atoms with van der Waals surface area (Å²) in [5.41, 5.74) is 3.26. The molecule has 15 nitrogen and oxygen atoms in total. The van der Waals surface area contributed by atoms with Crippen LogP contribution in [0.5, 0.6) is 0 Å². The molecule has 2 atom stereocenters. The van der Waals surface area contributed by atoms with E-state index in [2.05, 4.69) is 4.72 Å². The number of carboxylic acid groups (broad SMARTS) is 1. The topological polar surface area (TPSA) is 247 Å². The van der Waals surface area contributed by atoms with Crippen LogP contribution in [0, 0.1) is 0 Å². The summed E-state index contributed by atoms with van der Waals surface area (Å²) in [6.45, 7) is 7.38. The number of benzene rings is 4. The molecule has 0 saturated heterocycles. The third-order valence-electron chi connectivity index (χ3n) is 9.60. The molecule has 4 N–H and O–H groups in total. The standard InChI is InChI=1S/C24H29NO6S.C16H14O3.C8H17NO4S/c1-3-31-22(26)15-8-5-9-16-32(29,30)25-24(28)18(2)20-13-10-14-21(17-20)23(27)19-11-6-4-7-12-19;1-11(16(18)19)13-8-5-9-14(10-13)15(17)12-6-3-2-4-7-12;1-2-13-8(10)6-4-3-5-7-14(9,11)12/h4,6-7,10-14,17-18H,3,5,8-9,15-16H2,1-2H3,(H,25,28);2-11H,1H3,(H,18,19);2-7H2,1H3,(H2,9,11,12). The quantitative estimate of drug-likeness (QED) is 0.0382. The molecule has 0 fully saturated rings. The number of esters is 2. The van der Waals surface area contributed by atoms with E-state index in [1.807, 2.05) is 12.1 Å². The van der Waals surface area contributed by atoms with Crippen molar-refractivity contribution in [1.82, 2.24) is 4.72 Å². The Bertz CT molecular complexity index is 2390. The molecule has 352 valence electrons. The fourth-order valence-electron chi connectivity index (χ4n) is 5.95. The van der Waals surface area contributed by atoms with Crippen molar-refractivity contribution in [3.8, 4) is 0 Å². The Balaban J connectivity index is 0.000000372. The van der Waals surface area contributed by atoms with Crippen LogP contribution < -0.4 is 9.86 Å². The average molecular weight is 937 g/mol. The van der Waals surface area contributed by atoms with Gasteiger partial charge in [0.1, 0.15) is 0 Å². The van der Waals surface area contributed by atoms with Crippen LogP contribution in [0.3, 0.4) is 0 Å². The number of ether oxygens (including phenoxy) is 2. The van der Waals surface area contributed by atoms with E-state index >= 15 is 0 Å². The Labute approximate surface area is 382 Å². The van der Waals surface area contributed by atoms with Gasteiger partial charge in [-0.3, -0.25) is 33.5 Å². The van der Waals surface area contributed by atoms with Crippen molar-refractivity contribution in [2.24, 2.45) is 5.14 Å². The van der Waals surface area contributed by atoms with Gasteiger partial charge >= 0.3 is 17.9 Å². The van der Waals surface area contributed by atoms with Gasteiger partial charge in [-0.15, -0.1) is 0 Å². The number of carbonyl (C=O) groups is 6. The van der Waals surface area contributed by atoms with Gasteiger partial charge in [-0.05, 0) is 76.6 Å². The van der Waals surface area contributed by atoms with Crippen molar-refractivity contribution in [3.05, 3.63) is 143 Å². The predicted molar refractivity (Wildman–Crippen MR) is 247 cm³/mol. The van der Waals surface area contributed by atoms with Gasteiger partial charge < -0.3 is 14.6 Å². The highest BCUT2D eigenvalue weighted by molar-refractivity contribution is 7.90. The van der Waals surface area contributed by atoms with Gasteiger partial charge in [0.2, 0.25) is 26.0 Å². The zero-order valence-electron chi connectivity index (χ0n) is 37.3. The Morgan fingerprint density at radius 1 is 0.554 bits per heavy atom. The third-order valence-corrected chi connectivity index (χ3v) is 11.8. The Hall–Kier alpha value is -6.04. The molecule has 0 aliphatic heterocycles. The lowest BCUT2D eigenvalue weighted by Crippen LogP contribution is -2.35. The van der Waals surface area contributed by atoms with E-state index in [1.165, 1.54) is 0 Å². The molecule has 0 heterocycles. The highest BCUT2D eigenvalue weighted by atomic mass is 32.2. The van der Waals surface area contributed by atoms with Crippen LogP contribution in [0.1, 0.15) is 134 Å². The molecule has 1 amide bonds. The van der Waals surface area contributed by atoms with Crippen molar-refractivity contribution in [2.75, 3.05) is 24.7 Å². The minimum atomic E-state index is -3.80. The lowest BCUT2D eigenvalue weighted by atomic mass is 9.95. The van der Waals surface area contributed by atoms with Crippen LogP contribution in [0.2, 0.25) is 0 Å². The molecular formula is C48H60N2O13S2. The first-order chi connectivity index (χ1) is 30.8. The van der Waals surface area contributed by atoms with E-state index in [0.717, 1.165) is 0 Å². The second-order valence-corrected chi connectivity index (χ2v) is 18.4. The predicted octanol–water partition coefficient (Wildman–Crippen LogP) is 7.09. The number of carboxylic acids is 1. The van der Waals surface area contributed by atoms with E-state index < -0.39 is 43.8 Å². The smallest absolute Gasteiger partial charge is 0.310 e. The molecule has 0 aromatic heterocycles. The summed E-state index contributed by atoms with van der Waals surface area (Å²) in [5, 5.41) is 13.8. The van der Waals surface area contributed by atoms with Gasteiger partial charge in [-0.1, -0.05) is 110 Å². The first-order valence-electron chi connectivity index (χ1n) is 21.3. The maximum absolute atomic E-state index is 12.6. The monoisotopic (exact) mass is 936 g/mol. The van der Waals surface area contributed by atoms with Crippen LogP contribution in [0.25, 0.3) is 0 Å². The molecule has 0 saturated carbocycles. The summed E-state index contributed by atoms with van der Waals surface area (Å²) >= 11 is 0. The maximum atomic E-state index is 12.6. The number of unbranched alkanes of at least 4 members (excludes halogenated alkanes) is 4. The maximum Gasteiger partial charge on any atom is 0.310 e. The molecule has 4 aromatic rings. The van der Waals surface area contributed by atoms with Gasteiger partial charge in [-0.2, -0.15) is 0 Å². The zero-order chi connectivity index (χ0) is 48.4. The van der Waals surface area contributed by atoms with E-state index in [4.69, 9.17) is 19.7 Å². The van der Waals surface area contributed by atoms with Crippen LogP contribution in [-0.4, -0.2) is 82.0 Å². The largest absolute Gasteiger partial charge is 0.481 e. The van der Waals surface area contributed by atoms with Gasteiger partial charge in [0.05, 0.1) is 36.6 Å². The normalized spacial score (nSPS) is 11.8. The van der Waals surface area contributed by atoms with Crippen molar-refractivity contribution in [2.45, 2.75) is 90.9 Å². The van der Waals surface area contributed by atoms with Gasteiger partial charge in [0, 0.05) is 35.1 Å². The summed E-state index contributed by atoms with van der Waals surface area (Å²) in [4.78, 5) is 70.5. The second-order valence-electron chi connectivity index (χ2n) is 14.8. The highest BCUT2D eigenvalue weighted by Crippen LogP contribution is 2.21. The SMILES string of the molecule is CC(C(=O)O)c1cccc(C(=O)c2ccccc2)c1.CCOC(=O)CCCCCS(=O)(=O)NC(=O)C(C)c1cccc(C(=O)c2ccccc2)c1.CCOC(=O)CCCCCS(N)(=O)=O. The van der Waals surface area contributed by atoms with E-state index in [9.17, 15) is 45.6 Å². The molecule has 0 spiro atoms. The summed E-state index contributed by atoms with van der Waals surface area (Å²) in [5.74, 6) is -3.95. The molecule has 0 aliphatic rings. The van der Waals surface area contributed by atoms with Crippen LogP contribution in [0.4, 0.5) is 0 Å². The lowest BCUT2D eigenvalue weighted by Gasteiger charge is -2.14. The number of hydrogen-bond acceptors (Lipinski definition) is 12. The number of ketones is 2. The molecule has 0 bridgehead atoms. The van der Waals surface area contributed by atoms with Gasteiger partial charge in [0.25, 0.3) is 0 Å². The average Bonchev–Trinajstić information content (AvgIpc) is 3.28. The Morgan fingerprint density at radius 3 is 1.35 bits per heavy atom. The molecule has 0 aliphatic carbocycles. The minimum absolute atomic E-state index is 0.0180. The zero-order valence-corrected chi connectivity index (χ0v) is 38.9. The number of rotatable bonds is 23. The third kappa shape index (κ3) is 21.9. The van der Waals surface area contributed by atoms with Gasteiger partial charge in [0.15, 0.2) is 11.6 Å². The lowest BCUT2D eigenvalue weighted by molar-refractivity contribution is -0.144. The molecule has 2 unspecified atom stereocenters. The molecule has 0 radical (unpaired) electrons. The van der Waals surface area contributed by atoms with Gasteiger partial charge in [-0.25, -0.2) is 22.0 Å². The van der Waals surface area contributed by atoms with Crippen LogP contribution in [-0.2, 0) is 48.7 Å². The molecule has 17 heteroatoms. The first-order valence-corrected chi connectivity index (χ1v) is 24.6. The molecular weight excluding hydrogens is 877 g/mol. The molecule has 65 heavy (non-hydrogen) atoms. The summed E-state index contributed by atoms with van der Waals surface area (Å²) in [6, 6.07) is 31.2. The Morgan fingerprint density at radius 2 is 0.954 bits per heavy atom. The molecule has 4 rings (SSSR count). The fraction of sp³-hybridized carbons (Fsp3) is 0.375. The number of hydrogen-bond donors (Lipinski definition) is 3. The number of primary sulfonamides is 1. The molecule has 4 aromatic carbocycles. The summed E-state index contributed by atoms with van der Waals surface area (Å²) < 4.78 is 57.2. The minimum Gasteiger partial charge on any atom is -0.481 e. The van der Waals surface area contributed by atoms with E-state index in [0.29, 0.717) is 91.5 Å². The first kappa shape index (κ1) is 55.1. The Kier molecular flexibility index (Phi) is 24.3. The van der Waals surface area contributed by atoms with Crippen molar-refractivity contribution in [3.63, 3.8) is 0 Å². The number of sulfonamides is 2. The van der Waals surface area contributed by atoms with Crippen LogP contribution >= 0.6 is 0 Å². The fourth-order valence-corrected chi connectivity index (χ4v) is 7.73. The summed E-state index contributed by atoms with van der Waals surface area (Å²) in [7, 11) is -7.15. The van der Waals surface area contributed by atoms with E-state index in [-0.39, 0.29) is 41.4 Å². The number of carbonyl (C=O) groups excluding carboxylic acids is 5. The highest BCUT2D eigenvalue weighted by Gasteiger charge is 2.22. The summed E-state index contributed by atoms with van der Waals surface area (Å²) in [6.07, 6.45) is 3.81. The van der Waals surface area contributed by atoms with Crippen molar-refractivity contribution < 1.29 is 60.2 Å². The van der Waals surface area contributed by atoms with Crippen LogP contribution in [0.15, 0.2) is 109 Å².